The zero-order valence-corrected chi connectivity index (χ0v) is 11.3. The van der Waals surface area contributed by atoms with Crippen LogP contribution in [0.4, 0.5) is 0 Å². The Labute approximate surface area is 112 Å². The van der Waals surface area contributed by atoms with Crippen molar-refractivity contribution in [3.63, 3.8) is 0 Å². The molecule has 19 heavy (non-hydrogen) atoms. The van der Waals surface area contributed by atoms with Crippen LogP contribution in [-0.4, -0.2) is 33.6 Å². The van der Waals surface area contributed by atoms with Crippen LogP contribution in [0.2, 0.25) is 0 Å². The van der Waals surface area contributed by atoms with Gasteiger partial charge in [0, 0.05) is 31.8 Å². The second-order valence-electron chi connectivity index (χ2n) is 3.96. The molecule has 0 aliphatic rings. The molecule has 5 nitrogen and oxygen atoms in total. The number of methoxy groups -OCH3 is 3. The molecule has 0 atom stereocenters. The third-order valence-electron chi connectivity index (χ3n) is 2.82. The Morgan fingerprint density at radius 2 is 1.95 bits per heavy atom. The van der Waals surface area contributed by atoms with Gasteiger partial charge in [-0.05, 0) is 18.1 Å². The molecule has 5 heteroatoms. The van der Waals surface area contributed by atoms with Crippen molar-refractivity contribution in [2.24, 2.45) is 0 Å². The van der Waals surface area contributed by atoms with E-state index in [4.69, 9.17) is 9.47 Å². The van der Waals surface area contributed by atoms with E-state index in [0.717, 1.165) is 17.4 Å². The van der Waals surface area contributed by atoms with Crippen molar-refractivity contribution in [3.8, 4) is 0 Å². The Morgan fingerprint density at radius 1 is 1.26 bits per heavy atom. The molecule has 0 fully saturated rings. The number of rotatable bonds is 7. The molecular formula is C14H18O5. The molecule has 0 saturated carbocycles. The number of esters is 1. The van der Waals surface area contributed by atoms with Crippen molar-refractivity contribution < 1.29 is 23.8 Å². The second kappa shape index (κ2) is 7.66. The minimum Gasteiger partial charge on any atom is -0.469 e. The van der Waals surface area contributed by atoms with Gasteiger partial charge in [-0.2, -0.15) is 0 Å². The average Bonchev–Trinajstić information content (AvgIpc) is 2.46. The van der Waals surface area contributed by atoms with Gasteiger partial charge in [0.25, 0.3) is 0 Å². The standard InChI is InChI=1S/C14H18O5/c1-17-13(16)7-6-10-4-5-11(8-12(10)9-15)14(18-2)19-3/h4-5,8-9,14H,6-7H2,1-3H3. The van der Waals surface area contributed by atoms with Gasteiger partial charge in [0.2, 0.25) is 0 Å². The topological polar surface area (TPSA) is 61.8 Å². The first-order valence-electron chi connectivity index (χ1n) is 5.86. The van der Waals surface area contributed by atoms with E-state index in [0.29, 0.717) is 12.0 Å². The summed E-state index contributed by atoms with van der Waals surface area (Å²) < 4.78 is 14.8. The largest absolute Gasteiger partial charge is 0.469 e. The highest BCUT2D eigenvalue weighted by molar-refractivity contribution is 5.78. The summed E-state index contributed by atoms with van der Waals surface area (Å²) in [5.41, 5.74) is 2.09. The molecule has 0 heterocycles. The highest BCUT2D eigenvalue weighted by Crippen LogP contribution is 2.21. The van der Waals surface area contributed by atoms with Gasteiger partial charge >= 0.3 is 5.97 Å². The zero-order chi connectivity index (χ0) is 14.3. The molecular weight excluding hydrogens is 248 g/mol. The minimum atomic E-state index is -0.506. The van der Waals surface area contributed by atoms with E-state index < -0.39 is 6.29 Å². The summed E-state index contributed by atoms with van der Waals surface area (Å²) in [6, 6.07) is 5.32. The number of hydrogen-bond donors (Lipinski definition) is 0. The maximum absolute atomic E-state index is 11.1. The number of aldehydes is 1. The lowest BCUT2D eigenvalue weighted by Gasteiger charge is -2.15. The molecule has 1 aromatic rings. The predicted molar refractivity (Wildman–Crippen MR) is 68.9 cm³/mol. The summed E-state index contributed by atoms with van der Waals surface area (Å²) in [4.78, 5) is 22.2. The number of carbonyl (C=O) groups excluding carboxylic acids is 2. The fraction of sp³-hybridized carbons (Fsp3) is 0.429. The van der Waals surface area contributed by atoms with Gasteiger partial charge in [-0.25, -0.2) is 0 Å². The van der Waals surface area contributed by atoms with Crippen LogP contribution in [0.15, 0.2) is 18.2 Å². The molecule has 1 aromatic carbocycles. The highest BCUT2D eigenvalue weighted by atomic mass is 16.7. The van der Waals surface area contributed by atoms with Crippen molar-refractivity contribution in [3.05, 3.63) is 34.9 Å². The SMILES string of the molecule is COC(=O)CCc1ccc(C(OC)OC)cc1C=O. The molecule has 0 aliphatic carbocycles. The zero-order valence-electron chi connectivity index (χ0n) is 11.3. The molecule has 0 radical (unpaired) electrons. The van der Waals surface area contributed by atoms with E-state index in [1.807, 2.05) is 6.07 Å². The van der Waals surface area contributed by atoms with Gasteiger partial charge in [0.05, 0.1) is 7.11 Å². The molecule has 0 aromatic heterocycles. The Morgan fingerprint density at radius 3 is 2.47 bits per heavy atom. The van der Waals surface area contributed by atoms with Crippen LogP contribution < -0.4 is 0 Å². The third kappa shape index (κ3) is 4.15. The lowest BCUT2D eigenvalue weighted by atomic mass is 10.0. The number of benzene rings is 1. The van der Waals surface area contributed by atoms with Gasteiger partial charge in [-0.1, -0.05) is 12.1 Å². The summed E-state index contributed by atoms with van der Waals surface area (Å²) in [5.74, 6) is -0.299. The Kier molecular flexibility index (Phi) is 6.18. The number of hydrogen-bond acceptors (Lipinski definition) is 5. The van der Waals surface area contributed by atoms with Crippen molar-refractivity contribution in [1.82, 2.24) is 0 Å². The van der Waals surface area contributed by atoms with E-state index >= 15 is 0 Å². The van der Waals surface area contributed by atoms with Crippen molar-refractivity contribution >= 4 is 12.3 Å². The summed E-state index contributed by atoms with van der Waals surface area (Å²) >= 11 is 0. The van der Waals surface area contributed by atoms with Crippen molar-refractivity contribution in [2.75, 3.05) is 21.3 Å². The first-order chi connectivity index (χ1) is 9.15. The van der Waals surface area contributed by atoms with Crippen LogP contribution in [0.5, 0.6) is 0 Å². The maximum Gasteiger partial charge on any atom is 0.305 e. The Hall–Kier alpha value is -1.72. The molecule has 1 rings (SSSR count). The lowest BCUT2D eigenvalue weighted by Crippen LogP contribution is -2.07. The van der Waals surface area contributed by atoms with E-state index in [2.05, 4.69) is 4.74 Å². The maximum atomic E-state index is 11.1. The second-order valence-corrected chi connectivity index (χ2v) is 3.96. The van der Waals surface area contributed by atoms with Crippen LogP contribution in [0.25, 0.3) is 0 Å². The summed E-state index contributed by atoms with van der Waals surface area (Å²) in [6.07, 6.45) is 0.965. The number of aryl methyl sites for hydroxylation is 1. The van der Waals surface area contributed by atoms with Gasteiger partial charge in [0.15, 0.2) is 6.29 Å². The average molecular weight is 266 g/mol. The van der Waals surface area contributed by atoms with Crippen LogP contribution in [-0.2, 0) is 25.4 Å². The predicted octanol–water partition coefficient (Wildman–Crippen LogP) is 1.90. The molecule has 0 amide bonds. The summed E-state index contributed by atoms with van der Waals surface area (Å²) in [6.45, 7) is 0. The molecule has 0 saturated heterocycles. The highest BCUT2D eigenvalue weighted by Gasteiger charge is 2.12. The Bertz CT molecular complexity index is 437. The molecule has 0 unspecified atom stereocenters. The summed E-state index contributed by atoms with van der Waals surface area (Å²) in [7, 11) is 4.40. The van der Waals surface area contributed by atoms with E-state index in [1.165, 1.54) is 21.3 Å². The molecule has 0 aliphatic heterocycles. The first-order valence-corrected chi connectivity index (χ1v) is 5.86. The number of ether oxygens (including phenoxy) is 3. The third-order valence-corrected chi connectivity index (χ3v) is 2.82. The van der Waals surface area contributed by atoms with Gasteiger partial charge in [0.1, 0.15) is 6.29 Å². The fourth-order valence-electron chi connectivity index (χ4n) is 1.80. The van der Waals surface area contributed by atoms with Crippen molar-refractivity contribution in [1.29, 1.82) is 0 Å². The smallest absolute Gasteiger partial charge is 0.305 e. The Balaban J connectivity index is 2.90. The molecule has 0 N–H and O–H groups in total. The van der Waals surface area contributed by atoms with Crippen LogP contribution in [0.3, 0.4) is 0 Å². The molecule has 0 bridgehead atoms. The van der Waals surface area contributed by atoms with Crippen LogP contribution in [0, 0.1) is 0 Å². The van der Waals surface area contributed by atoms with Gasteiger partial charge in [-0.3, -0.25) is 9.59 Å². The molecule has 0 spiro atoms. The lowest BCUT2D eigenvalue weighted by molar-refractivity contribution is -0.140. The summed E-state index contributed by atoms with van der Waals surface area (Å²) in [5, 5.41) is 0. The molecule has 104 valence electrons. The fourth-order valence-corrected chi connectivity index (χ4v) is 1.80. The van der Waals surface area contributed by atoms with Crippen LogP contribution in [0.1, 0.15) is 34.2 Å². The van der Waals surface area contributed by atoms with Crippen LogP contribution >= 0.6 is 0 Å². The monoisotopic (exact) mass is 266 g/mol. The minimum absolute atomic E-state index is 0.245. The quantitative estimate of drug-likeness (QED) is 0.428. The van der Waals surface area contributed by atoms with E-state index in [9.17, 15) is 9.59 Å². The van der Waals surface area contributed by atoms with E-state index in [1.54, 1.807) is 12.1 Å². The van der Waals surface area contributed by atoms with E-state index in [-0.39, 0.29) is 12.4 Å². The first kappa shape index (κ1) is 15.3. The number of carbonyl (C=O) groups is 2. The van der Waals surface area contributed by atoms with Crippen molar-refractivity contribution in [2.45, 2.75) is 19.1 Å². The van der Waals surface area contributed by atoms with Gasteiger partial charge < -0.3 is 14.2 Å². The normalized spacial score (nSPS) is 10.5. The van der Waals surface area contributed by atoms with Gasteiger partial charge in [-0.15, -0.1) is 0 Å².